The Morgan fingerprint density at radius 1 is 0.375 bits per heavy atom. The number of hydrogen-bond donors (Lipinski definition) is 1. The maximum atomic E-state index is 12.6. The lowest BCUT2D eigenvalue weighted by atomic mass is 10.0. The van der Waals surface area contributed by atoms with E-state index in [2.05, 4.69) is 52.4 Å². The highest BCUT2D eigenvalue weighted by atomic mass is 35.5. The molecule has 4 heterocycles. The molecular formula is C76H62Cl4N8O15Si. The first kappa shape index (κ1) is 79.6. The Hall–Kier alpha value is -11.7. The molecule has 0 aromatic heterocycles. The Balaban J connectivity index is 0.000000183. The van der Waals surface area contributed by atoms with Crippen LogP contribution in [-0.4, -0.2) is 165 Å². The number of hydrogen-bond acceptors (Lipinski definition) is 14. The number of carbonyl (C=O) groups excluding carboxylic acids is 13. The molecule has 0 saturated carbocycles. The molecule has 528 valence electrons. The third kappa shape index (κ3) is 20.1. The predicted octanol–water partition coefficient (Wildman–Crippen LogP) is 10.8. The standard InChI is InChI=1S/C18H14ClNO3.C18H13N3O3.C17H12ClNO3.C17H13NO4.C4H10N2Si.C2Cl2O2/c19-11-16(21)15(10-12-6-2-1-3-7-12)20-17(22)13-8-4-5-9-14(13)18(20)23;19-20-11-16(22)15(10-12-6-2-1-3-7-12)21-17(23)13-8-4-5-9-14(13)18(21)24;18-15(20)14(10-11-6-2-1-3-7-11)19-16(21)12-8-4-5-9-13(12)17(19)22;19-15-12-8-4-5-9-13(12)16(20)18(15)14(17(21)22)10-11-6-2-1-3-7-11;1-7(2,3)4-6-5;3-1(5)2(4)6/h1-9,15H,10-11H2;1-9,11,15H,10H2;1-9,14H,10H2;1-9,14H,10H2,(H,21,22);4H,1-3H3;/t2*15-;2*14-;;/m0000../s1. The van der Waals surface area contributed by atoms with Crippen molar-refractivity contribution in [1.82, 2.24) is 19.6 Å². The van der Waals surface area contributed by atoms with E-state index in [9.17, 15) is 72.2 Å². The van der Waals surface area contributed by atoms with Gasteiger partial charge in [0.25, 0.3) is 53.0 Å². The fourth-order valence-corrected chi connectivity index (χ4v) is 11.6. The van der Waals surface area contributed by atoms with Crippen LogP contribution in [0.15, 0.2) is 218 Å². The van der Waals surface area contributed by atoms with Crippen molar-refractivity contribution in [3.8, 4) is 0 Å². The monoisotopic (exact) mass is 1490 g/mol. The van der Waals surface area contributed by atoms with Gasteiger partial charge in [-0.1, -0.05) is 189 Å². The van der Waals surface area contributed by atoms with Crippen LogP contribution >= 0.6 is 46.4 Å². The first-order valence-electron chi connectivity index (χ1n) is 31.5. The van der Waals surface area contributed by atoms with Gasteiger partial charge in [-0.25, -0.2) is 4.79 Å². The van der Waals surface area contributed by atoms with Gasteiger partial charge in [-0.15, -0.1) is 11.6 Å². The molecule has 28 heteroatoms. The molecule has 23 nitrogen and oxygen atoms in total. The highest BCUT2D eigenvalue weighted by Gasteiger charge is 2.46. The minimum Gasteiger partial charge on any atom is -0.480 e. The van der Waals surface area contributed by atoms with Crippen molar-refractivity contribution in [1.29, 1.82) is 0 Å². The van der Waals surface area contributed by atoms with Crippen LogP contribution < -0.4 is 0 Å². The SMILES string of the molecule is C[Si](C)(C)C=[N+]=[N-].O=C(CCl)[C@H](Cc1ccccc1)N1C(=O)c2ccccc2C1=O.O=C(Cl)C(=O)Cl.O=C(Cl)[C@H](Cc1ccccc1)N1C(=O)c2ccccc2C1=O.O=C(O)[C@H](Cc1ccccc1)N1C(=O)c2ccccc2C1=O.[N-]=[N+]=CC(=O)[C@H](Cc1ccccc1)N1C(=O)c2ccccc2C1=O. The van der Waals surface area contributed by atoms with Crippen molar-refractivity contribution in [2.75, 3.05) is 5.88 Å². The Morgan fingerprint density at radius 3 is 0.827 bits per heavy atom. The van der Waals surface area contributed by atoms with Gasteiger partial charge in [-0.05, 0) is 106 Å². The Morgan fingerprint density at radius 2 is 0.606 bits per heavy atom. The fraction of sp³-hybridized carbons (Fsp3) is 0.158. The second-order valence-electron chi connectivity index (χ2n) is 24.0. The first-order chi connectivity index (χ1) is 49.6. The van der Waals surface area contributed by atoms with Crippen molar-refractivity contribution in [2.45, 2.75) is 69.5 Å². The van der Waals surface area contributed by atoms with E-state index in [1.165, 1.54) is 12.1 Å². The molecule has 104 heavy (non-hydrogen) atoms. The van der Waals surface area contributed by atoms with E-state index in [4.69, 9.17) is 34.3 Å². The molecule has 12 rings (SSSR count). The minimum atomic E-state index is -1.21. The quantitative estimate of drug-likeness (QED) is 0.0108. The van der Waals surface area contributed by atoms with Gasteiger partial charge in [0.1, 0.15) is 24.2 Å². The fourth-order valence-electron chi connectivity index (χ4n) is 10.9. The number of carboxylic acids is 1. The number of fused-ring (bicyclic) bond motifs is 4. The van der Waals surface area contributed by atoms with E-state index in [1.54, 1.807) is 139 Å². The Labute approximate surface area is 616 Å². The number of nitrogens with zero attached hydrogens (tertiary/aromatic N) is 8. The summed E-state index contributed by atoms with van der Waals surface area (Å²) >= 11 is 20.3. The van der Waals surface area contributed by atoms with E-state index >= 15 is 0 Å². The lowest BCUT2D eigenvalue weighted by molar-refractivity contribution is -0.141. The van der Waals surface area contributed by atoms with E-state index in [-0.39, 0.29) is 59.6 Å². The highest BCUT2D eigenvalue weighted by Crippen LogP contribution is 2.31. The van der Waals surface area contributed by atoms with E-state index in [1.807, 2.05) is 72.8 Å². The molecule has 0 spiro atoms. The van der Waals surface area contributed by atoms with Gasteiger partial charge in [-0.2, -0.15) is 9.58 Å². The number of imide groups is 4. The summed E-state index contributed by atoms with van der Waals surface area (Å²) in [6, 6.07) is 58.2. The van der Waals surface area contributed by atoms with Gasteiger partial charge >= 0.3 is 22.7 Å². The third-order valence-electron chi connectivity index (χ3n) is 15.8. The zero-order chi connectivity index (χ0) is 75.9. The van der Waals surface area contributed by atoms with Gasteiger partial charge in [0.15, 0.2) is 13.9 Å². The molecule has 8 aromatic rings. The summed E-state index contributed by atoms with van der Waals surface area (Å²) in [5, 5.41) is 6.46. The van der Waals surface area contributed by atoms with E-state index < -0.39 is 107 Å². The number of benzene rings is 8. The van der Waals surface area contributed by atoms with Crippen molar-refractivity contribution in [2.24, 2.45) is 0 Å². The molecule has 0 aliphatic carbocycles. The summed E-state index contributed by atoms with van der Waals surface area (Å²) in [7, 11) is -1.20. The van der Waals surface area contributed by atoms with Crippen LogP contribution in [0.1, 0.15) is 105 Å². The number of halogens is 4. The van der Waals surface area contributed by atoms with Crippen LogP contribution in [0.2, 0.25) is 19.6 Å². The molecule has 0 saturated heterocycles. The van der Waals surface area contributed by atoms with Crippen molar-refractivity contribution >= 4 is 147 Å². The van der Waals surface area contributed by atoms with E-state index in [0.717, 1.165) is 48.1 Å². The van der Waals surface area contributed by atoms with Gasteiger partial charge in [0.2, 0.25) is 11.1 Å². The average Bonchev–Trinajstić information content (AvgIpc) is 1.65. The molecule has 0 fully saturated rings. The number of Topliss-reactive ketones (excluding diaryl/α,β-unsaturated/α-hetero) is 2. The highest BCUT2D eigenvalue weighted by molar-refractivity contribution is 6.98. The summed E-state index contributed by atoms with van der Waals surface area (Å²) < 4.78 is 0. The van der Waals surface area contributed by atoms with Crippen LogP contribution in [0.4, 0.5) is 0 Å². The normalized spacial score (nSPS) is 13.9. The molecule has 4 aliphatic heterocycles. The van der Waals surface area contributed by atoms with Crippen molar-refractivity contribution in [3.63, 3.8) is 0 Å². The number of carbonyl (C=O) groups is 14. The number of ketones is 2. The van der Waals surface area contributed by atoms with Crippen LogP contribution in [0, 0.1) is 0 Å². The predicted molar refractivity (Wildman–Crippen MR) is 387 cm³/mol. The molecule has 4 aliphatic rings. The summed E-state index contributed by atoms with van der Waals surface area (Å²) in [5.74, 6) is -4.74. The molecule has 0 bridgehead atoms. The summed E-state index contributed by atoms with van der Waals surface area (Å²) in [6.45, 7) is 6.31. The lowest BCUT2D eigenvalue weighted by Crippen LogP contribution is -2.46. The van der Waals surface area contributed by atoms with Crippen LogP contribution in [-0.2, 0) is 54.5 Å². The first-order valence-corrected chi connectivity index (χ1v) is 36.7. The number of alkyl halides is 1. The lowest BCUT2D eigenvalue weighted by Gasteiger charge is -2.24. The van der Waals surface area contributed by atoms with Crippen molar-refractivity contribution in [3.05, 3.63) is 296 Å². The van der Waals surface area contributed by atoms with Crippen LogP contribution in [0.5, 0.6) is 0 Å². The van der Waals surface area contributed by atoms with Gasteiger partial charge in [0, 0.05) is 25.7 Å². The minimum absolute atomic E-state index is 0.0850. The second kappa shape index (κ2) is 37.3. The van der Waals surface area contributed by atoms with Crippen LogP contribution in [0.25, 0.3) is 11.1 Å². The van der Waals surface area contributed by atoms with Crippen molar-refractivity contribution < 1.29 is 81.8 Å². The molecule has 8 aromatic carbocycles. The van der Waals surface area contributed by atoms with Gasteiger partial charge in [0.05, 0.1) is 50.4 Å². The topological polar surface area (TPSA) is 345 Å². The Kier molecular flexibility index (Phi) is 28.5. The number of aliphatic carboxylic acids is 1. The summed E-state index contributed by atoms with van der Waals surface area (Å²) in [5.41, 5.74) is 22.3. The van der Waals surface area contributed by atoms with Gasteiger partial charge in [-0.3, -0.25) is 81.9 Å². The number of amides is 8. The third-order valence-corrected chi connectivity index (χ3v) is 17.6. The average molecular weight is 1500 g/mol. The number of carboxylic acid groups (broad SMARTS) is 1. The summed E-state index contributed by atoms with van der Waals surface area (Å²) in [6.07, 6.45) is 1.42. The zero-order valence-electron chi connectivity index (χ0n) is 55.5. The Bertz CT molecular complexity index is 4460. The summed E-state index contributed by atoms with van der Waals surface area (Å²) in [4.78, 5) is 176. The van der Waals surface area contributed by atoms with E-state index in [0.29, 0.717) is 22.3 Å². The molecule has 0 unspecified atom stereocenters. The second-order valence-corrected chi connectivity index (χ2v) is 30.3. The molecule has 8 amide bonds. The number of rotatable bonds is 20. The van der Waals surface area contributed by atoms with Gasteiger partial charge < -0.3 is 16.2 Å². The molecule has 0 radical (unpaired) electrons. The zero-order valence-corrected chi connectivity index (χ0v) is 59.6. The maximum absolute atomic E-state index is 12.6. The largest absolute Gasteiger partial charge is 0.480 e. The van der Waals surface area contributed by atoms with Crippen LogP contribution in [0.3, 0.4) is 0 Å². The molecule has 1 N–H and O–H groups in total. The molecule has 4 atom stereocenters. The maximum Gasteiger partial charge on any atom is 0.327 e. The smallest absolute Gasteiger partial charge is 0.327 e. The molecular weight excluding hydrogens is 1430 g/mol.